The van der Waals surface area contributed by atoms with Gasteiger partial charge in [0.2, 0.25) is 0 Å². The summed E-state index contributed by atoms with van der Waals surface area (Å²) in [5, 5.41) is 0. The molecule has 0 unspecified atom stereocenters. The quantitative estimate of drug-likeness (QED) is 0.569. The Morgan fingerprint density at radius 2 is 1.93 bits per heavy atom. The molecule has 1 rings (SSSR count). The zero-order valence-electron chi connectivity index (χ0n) is 8.22. The maximum Gasteiger partial charge on any atom is 0.297 e. The summed E-state index contributed by atoms with van der Waals surface area (Å²) in [5.41, 5.74) is 0.529. The van der Waals surface area contributed by atoms with Gasteiger partial charge in [0.05, 0.1) is 6.61 Å². The highest BCUT2D eigenvalue weighted by atomic mass is 32.2. The Morgan fingerprint density at radius 3 is 2.53 bits per heavy atom. The van der Waals surface area contributed by atoms with Gasteiger partial charge in [-0.1, -0.05) is 36.9 Å². The fourth-order valence-corrected chi connectivity index (χ4v) is 2.17. The molecule has 0 aliphatic carbocycles. The fraction of sp³-hybridized carbons (Fsp3) is 0.0909. The molecule has 0 spiro atoms. The number of benzene rings is 1. The zero-order chi connectivity index (χ0) is 11.3. The molecule has 0 amide bonds. The van der Waals surface area contributed by atoms with Crippen molar-refractivity contribution in [3.63, 3.8) is 0 Å². The molecule has 0 fully saturated rings. The average molecular weight is 224 g/mol. The maximum absolute atomic E-state index is 11.7. The molecule has 0 aliphatic heterocycles. The van der Waals surface area contributed by atoms with Gasteiger partial charge in [-0.3, -0.25) is 4.18 Å². The molecule has 1 aromatic rings. The summed E-state index contributed by atoms with van der Waals surface area (Å²) in [5.74, 6) is 0. The lowest BCUT2D eigenvalue weighted by Crippen LogP contribution is -2.07. The van der Waals surface area contributed by atoms with Crippen LogP contribution in [0.25, 0.3) is 6.08 Å². The van der Waals surface area contributed by atoms with Gasteiger partial charge in [0, 0.05) is 0 Å². The van der Waals surface area contributed by atoms with E-state index in [1.54, 1.807) is 18.2 Å². The molecule has 0 saturated carbocycles. The van der Waals surface area contributed by atoms with Crippen molar-refractivity contribution in [1.82, 2.24) is 0 Å². The summed E-state index contributed by atoms with van der Waals surface area (Å²) in [6, 6.07) is 6.52. The van der Waals surface area contributed by atoms with Gasteiger partial charge in [0.15, 0.2) is 0 Å². The molecule has 0 aliphatic rings. The molecule has 15 heavy (non-hydrogen) atoms. The van der Waals surface area contributed by atoms with Gasteiger partial charge in [-0.2, -0.15) is 8.42 Å². The van der Waals surface area contributed by atoms with Crippen LogP contribution in [0.5, 0.6) is 0 Å². The molecule has 0 radical (unpaired) electrons. The van der Waals surface area contributed by atoms with Crippen molar-refractivity contribution in [2.45, 2.75) is 4.90 Å². The van der Waals surface area contributed by atoms with Gasteiger partial charge in [-0.25, -0.2) is 0 Å². The minimum atomic E-state index is -3.71. The van der Waals surface area contributed by atoms with Gasteiger partial charge in [-0.05, 0) is 11.6 Å². The summed E-state index contributed by atoms with van der Waals surface area (Å²) >= 11 is 0. The summed E-state index contributed by atoms with van der Waals surface area (Å²) in [6.07, 6.45) is 2.86. The SMILES string of the molecule is C=CCOS(=O)(=O)c1ccccc1C=C. The fourth-order valence-electron chi connectivity index (χ4n) is 1.08. The highest BCUT2D eigenvalue weighted by Gasteiger charge is 2.16. The Hall–Kier alpha value is -1.39. The number of hydrogen-bond donors (Lipinski definition) is 0. The summed E-state index contributed by atoms with van der Waals surface area (Å²) < 4.78 is 28.0. The van der Waals surface area contributed by atoms with Crippen LogP contribution in [-0.2, 0) is 14.3 Å². The Kier molecular flexibility index (Phi) is 3.82. The van der Waals surface area contributed by atoms with Crippen molar-refractivity contribution in [2.24, 2.45) is 0 Å². The van der Waals surface area contributed by atoms with Crippen LogP contribution in [-0.4, -0.2) is 15.0 Å². The van der Waals surface area contributed by atoms with Crippen LogP contribution in [0.3, 0.4) is 0 Å². The lowest BCUT2D eigenvalue weighted by atomic mass is 10.2. The predicted molar refractivity (Wildman–Crippen MR) is 59.9 cm³/mol. The molecule has 3 nitrogen and oxygen atoms in total. The smallest absolute Gasteiger partial charge is 0.262 e. The molecule has 80 valence electrons. The van der Waals surface area contributed by atoms with Crippen molar-refractivity contribution in [3.05, 3.63) is 49.1 Å². The molecular formula is C11H12O3S. The molecule has 0 N–H and O–H groups in total. The van der Waals surface area contributed by atoms with Gasteiger partial charge in [-0.15, -0.1) is 6.58 Å². The molecule has 1 aromatic carbocycles. The van der Waals surface area contributed by atoms with E-state index in [2.05, 4.69) is 13.2 Å². The Bertz CT molecular complexity index is 460. The molecule has 0 saturated heterocycles. The number of hydrogen-bond acceptors (Lipinski definition) is 3. The second-order valence-electron chi connectivity index (χ2n) is 2.77. The minimum absolute atomic E-state index is 0.0339. The van der Waals surface area contributed by atoms with Gasteiger partial charge in [0.25, 0.3) is 10.1 Å². The third-order valence-electron chi connectivity index (χ3n) is 1.75. The third-order valence-corrected chi connectivity index (χ3v) is 3.11. The lowest BCUT2D eigenvalue weighted by molar-refractivity contribution is 0.357. The zero-order valence-corrected chi connectivity index (χ0v) is 9.03. The summed E-state index contributed by atoms with van der Waals surface area (Å²) in [4.78, 5) is 0.127. The second kappa shape index (κ2) is 4.91. The predicted octanol–water partition coefficient (Wildman–Crippen LogP) is 2.22. The molecule has 0 bridgehead atoms. The summed E-state index contributed by atoms with van der Waals surface area (Å²) in [7, 11) is -3.71. The van der Waals surface area contributed by atoms with E-state index in [1.165, 1.54) is 18.2 Å². The molecular weight excluding hydrogens is 212 g/mol. The van der Waals surface area contributed by atoms with E-state index in [1.807, 2.05) is 0 Å². The van der Waals surface area contributed by atoms with Crippen LogP contribution in [0.4, 0.5) is 0 Å². The van der Waals surface area contributed by atoms with E-state index >= 15 is 0 Å². The van der Waals surface area contributed by atoms with E-state index < -0.39 is 10.1 Å². The monoisotopic (exact) mass is 224 g/mol. The first-order chi connectivity index (χ1) is 7.11. The van der Waals surface area contributed by atoms with E-state index in [0.717, 1.165) is 0 Å². The molecule has 0 aromatic heterocycles. The van der Waals surface area contributed by atoms with Gasteiger partial charge in [0.1, 0.15) is 4.90 Å². The largest absolute Gasteiger partial charge is 0.297 e. The Balaban J connectivity index is 3.14. The topological polar surface area (TPSA) is 43.4 Å². The van der Waals surface area contributed by atoms with E-state index in [9.17, 15) is 8.42 Å². The van der Waals surface area contributed by atoms with Gasteiger partial charge >= 0.3 is 0 Å². The van der Waals surface area contributed by atoms with Gasteiger partial charge < -0.3 is 0 Å². The van der Waals surface area contributed by atoms with Crippen molar-refractivity contribution in [3.8, 4) is 0 Å². The first-order valence-electron chi connectivity index (χ1n) is 4.33. The van der Waals surface area contributed by atoms with Crippen molar-refractivity contribution < 1.29 is 12.6 Å². The van der Waals surface area contributed by atoms with E-state index in [-0.39, 0.29) is 11.5 Å². The molecule has 0 atom stereocenters. The lowest BCUT2D eigenvalue weighted by Gasteiger charge is -2.06. The van der Waals surface area contributed by atoms with Crippen molar-refractivity contribution in [2.75, 3.05) is 6.61 Å². The average Bonchev–Trinajstić information content (AvgIpc) is 2.26. The second-order valence-corrected chi connectivity index (χ2v) is 4.35. The summed E-state index contributed by atoms with van der Waals surface area (Å²) in [6.45, 7) is 6.90. The van der Waals surface area contributed by atoms with Crippen LogP contribution in [0.15, 0.2) is 48.4 Å². The molecule has 0 heterocycles. The Labute approximate surface area is 89.8 Å². The standard InChI is InChI=1S/C11H12O3S/c1-3-9-14-15(12,13)11-8-6-5-7-10(11)4-2/h3-8H,1-2,9H2. The van der Waals surface area contributed by atoms with Crippen LogP contribution in [0, 0.1) is 0 Å². The highest BCUT2D eigenvalue weighted by molar-refractivity contribution is 7.86. The Morgan fingerprint density at radius 1 is 1.27 bits per heavy atom. The van der Waals surface area contributed by atoms with Crippen molar-refractivity contribution >= 4 is 16.2 Å². The van der Waals surface area contributed by atoms with E-state index in [4.69, 9.17) is 4.18 Å². The highest BCUT2D eigenvalue weighted by Crippen LogP contribution is 2.18. The first kappa shape index (κ1) is 11.7. The normalized spacial score (nSPS) is 10.9. The van der Waals surface area contributed by atoms with Crippen LogP contribution in [0.1, 0.15) is 5.56 Å². The van der Waals surface area contributed by atoms with Crippen LogP contribution >= 0.6 is 0 Å². The number of rotatable bonds is 5. The maximum atomic E-state index is 11.7. The minimum Gasteiger partial charge on any atom is -0.262 e. The van der Waals surface area contributed by atoms with Crippen molar-refractivity contribution in [1.29, 1.82) is 0 Å². The van der Waals surface area contributed by atoms with E-state index in [0.29, 0.717) is 5.56 Å². The van der Waals surface area contributed by atoms with Crippen LogP contribution in [0.2, 0.25) is 0 Å². The first-order valence-corrected chi connectivity index (χ1v) is 5.74. The third kappa shape index (κ3) is 2.78. The molecule has 4 heteroatoms. The van der Waals surface area contributed by atoms with Crippen LogP contribution < -0.4 is 0 Å².